The van der Waals surface area contributed by atoms with Crippen molar-refractivity contribution >= 4 is 11.8 Å². The van der Waals surface area contributed by atoms with Crippen LogP contribution in [0.5, 0.6) is 0 Å². The molecule has 0 spiro atoms. The minimum atomic E-state index is -1.07. The predicted octanol–water partition coefficient (Wildman–Crippen LogP) is 2.92. The molecule has 1 aromatic heterocycles. The number of aromatic nitrogens is 2. The van der Waals surface area contributed by atoms with Gasteiger partial charge in [0.25, 0.3) is 0 Å². The first-order valence-corrected chi connectivity index (χ1v) is 10.8. The highest BCUT2D eigenvalue weighted by molar-refractivity contribution is 5.86. The number of ether oxygens (including phenoxy) is 1. The van der Waals surface area contributed by atoms with Gasteiger partial charge in [0.15, 0.2) is 0 Å². The molecular formula is C24H24F2N4O4. The molecule has 2 aromatic carbocycles. The second-order valence-corrected chi connectivity index (χ2v) is 7.93. The Morgan fingerprint density at radius 1 is 1.09 bits per heavy atom. The highest BCUT2D eigenvalue weighted by Crippen LogP contribution is 2.19. The van der Waals surface area contributed by atoms with E-state index in [2.05, 4.69) is 10.00 Å². The van der Waals surface area contributed by atoms with Gasteiger partial charge >= 0.3 is 6.09 Å². The highest BCUT2D eigenvalue weighted by atomic mass is 19.1. The summed E-state index contributed by atoms with van der Waals surface area (Å²) in [6, 6.07) is 11.2. The molecule has 1 amide bonds. The van der Waals surface area contributed by atoms with Gasteiger partial charge in [0.2, 0.25) is 5.43 Å². The quantitative estimate of drug-likeness (QED) is 0.571. The zero-order valence-electron chi connectivity index (χ0n) is 18.4. The molecule has 2 heterocycles. The van der Waals surface area contributed by atoms with Crippen molar-refractivity contribution in [1.82, 2.24) is 14.7 Å². The van der Waals surface area contributed by atoms with Gasteiger partial charge in [0, 0.05) is 56.6 Å². The number of carbonyl (C=O) groups is 1. The molecule has 34 heavy (non-hydrogen) atoms. The Morgan fingerprint density at radius 2 is 1.82 bits per heavy atom. The summed E-state index contributed by atoms with van der Waals surface area (Å²) in [4.78, 5) is 27.7. The molecule has 1 aliphatic heterocycles. The van der Waals surface area contributed by atoms with E-state index in [0.29, 0.717) is 37.6 Å². The molecule has 0 atom stereocenters. The molecule has 1 aliphatic rings. The van der Waals surface area contributed by atoms with E-state index in [-0.39, 0.29) is 23.2 Å². The molecule has 3 aromatic rings. The first kappa shape index (κ1) is 23.5. The minimum absolute atomic E-state index is 0.127. The van der Waals surface area contributed by atoms with Crippen molar-refractivity contribution in [3.8, 4) is 5.69 Å². The van der Waals surface area contributed by atoms with Gasteiger partial charge in [-0.05, 0) is 29.8 Å². The van der Waals surface area contributed by atoms with Crippen molar-refractivity contribution in [2.75, 3.05) is 44.3 Å². The molecular weight excluding hydrogens is 446 g/mol. The number of carboxylic acid groups (broad SMARTS) is 1. The standard InChI is InChI=1S/C24H24F2N4O4/c25-18-14-19(26)16-21(15-18)30-5-4-23(31)22(27-30)13-17-2-1-3-20(12-17)29(24(32)33)7-6-28-8-10-34-11-9-28/h1-5,12,14-16H,6-11,13H2,(H,32,33). The van der Waals surface area contributed by atoms with E-state index in [9.17, 15) is 23.5 Å². The van der Waals surface area contributed by atoms with Crippen LogP contribution >= 0.6 is 0 Å². The second kappa shape index (κ2) is 10.5. The van der Waals surface area contributed by atoms with Crippen LogP contribution in [0.2, 0.25) is 0 Å². The highest BCUT2D eigenvalue weighted by Gasteiger charge is 2.18. The number of hydrogen-bond acceptors (Lipinski definition) is 5. The van der Waals surface area contributed by atoms with Crippen LogP contribution in [-0.4, -0.2) is 65.3 Å². The molecule has 4 rings (SSSR count). The molecule has 0 aliphatic carbocycles. The maximum Gasteiger partial charge on any atom is 0.411 e. The summed E-state index contributed by atoms with van der Waals surface area (Å²) in [5.41, 5.74) is 1.15. The van der Waals surface area contributed by atoms with E-state index in [0.717, 1.165) is 31.3 Å². The maximum atomic E-state index is 13.6. The molecule has 10 heteroatoms. The Balaban J connectivity index is 1.54. The fraction of sp³-hybridized carbons (Fsp3) is 0.292. The first-order valence-electron chi connectivity index (χ1n) is 10.8. The molecule has 178 valence electrons. The van der Waals surface area contributed by atoms with Crippen LogP contribution in [0.3, 0.4) is 0 Å². The third-order valence-corrected chi connectivity index (χ3v) is 5.56. The zero-order chi connectivity index (χ0) is 24.1. The lowest BCUT2D eigenvalue weighted by Crippen LogP contribution is -2.42. The Kier molecular flexibility index (Phi) is 7.29. The lowest BCUT2D eigenvalue weighted by molar-refractivity contribution is 0.0392. The van der Waals surface area contributed by atoms with E-state index in [1.165, 1.54) is 21.8 Å². The Labute approximate surface area is 194 Å². The fourth-order valence-electron chi connectivity index (χ4n) is 3.81. The van der Waals surface area contributed by atoms with Crippen LogP contribution in [-0.2, 0) is 11.2 Å². The molecule has 1 N–H and O–H groups in total. The van der Waals surface area contributed by atoms with Crippen LogP contribution in [0, 0.1) is 11.6 Å². The summed E-state index contributed by atoms with van der Waals surface area (Å²) in [5, 5.41) is 14.0. The van der Waals surface area contributed by atoms with E-state index in [1.54, 1.807) is 24.3 Å². The van der Waals surface area contributed by atoms with Gasteiger partial charge in [-0.1, -0.05) is 12.1 Å². The summed E-state index contributed by atoms with van der Waals surface area (Å²) in [6.45, 7) is 3.65. The van der Waals surface area contributed by atoms with Crippen molar-refractivity contribution in [3.63, 3.8) is 0 Å². The minimum Gasteiger partial charge on any atom is -0.465 e. The predicted molar refractivity (Wildman–Crippen MR) is 122 cm³/mol. The molecule has 0 saturated carbocycles. The zero-order valence-corrected chi connectivity index (χ0v) is 18.4. The third-order valence-electron chi connectivity index (χ3n) is 5.56. The summed E-state index contributed by atoms with van der Waals surface area (Å²) in [7, 11) is 0. The van der Waals surface area contributed by atoms with Crippen LogP contribution in [0.1, 0.15) is 11.3 Å². The van der Waals surface area contributed by atoms with Crippen LogP contribution in [0.25, 0.3) is 5.69 Å². The van der Waals surface area contributed by atoms with Gasteiger partial charge in [0.05, 0.1) is 18.9 Å². The van der Waals surface area contributed by atoms with Gasteiger partial charge in [-0.15, -0.1) is 0 Å². The van der Waals surface area contributed by atoms with E-state index >= 15 is 0 Å². The lowest BCUT2D eigenvalue weighted by atomic mass is 10.1. The fourth-order valence-corrected chi connectivity index (χ4v) is 3.81. The van der Waals surface area contributed by atoms with E-state index < -0.39 is 17.7 Å². The topological polar surface area (TPSA) is 87.9 Å². The van der Waals surface area contributed by atoms with Crippen LogP contribution < -0.4 is 10.3 Å². The van der Waals surface area contributed by atoms with Crippen LogP contribution in [0.15, 0.2) is 59.5 Å². The van der Waals surface area contributed by atoms with Crippen molar-refractivity contribution < 1.29 is 23.4 Å². The molecule has 0 radical (unpaired) electrons. The summed E-state index contributed by atoms with van der Waals surface area (Å²) in [5.74, 6) is -1.51. The normalized spacial score (nSPS) is 14.2. The van der Waals surface area contributed by atoms with E-state index in [4.69, 9.17) is 4.74 Å². The van der Waals surface area contributed by atoms with Crippen molar-refractivity contribution in [2.45, 2.75) is 6.42 Å². The summed E-state index contributed by atoms with van der Waals surface area (Å²) < 4.78 is 33.8. The Morgan fingerprint density at radius 3 is 2.53 bits per heavy atom. The number of rotatable bonds is 7. The Bertz CT molecular complexity index is 1210. The summed E-state index contributed by atoms with van der Waals surface area (Å²) >= 11 is 0. The number of hydrogen-bond donors (Lipinski definition) is 1. The molecule has 8 nitrogen and oxygen atoms in total. The van der Waals surface area contributed by atoms with Crippen LogP contribution in [0.4, 0.5) is 19.3 Å². The number of benzene rings is 2. The third kappa shape index (κ3) is 5.83. The molecule has 1 fully saturated rings. The monoisotopic (exact) mass is 470 g/mol. The smallest absolute Gasteiger partial charge is 0.411 e. The Hall–Kier alpha value is -3.63. The number of morpholine rings is 1. The maximum absolute atomic E-state index is 13.6. The van der Waals surface area contributed by atoms with Gasteiger partial charge in [-0.25, -0.2) is 18.3 Å². The van der Waals surface area contributed by atoms with Gasteiger partial charge in [0.1, 0.15) is 17.3 Å². The lowest BCUT2D eigenvalue weighted by Gasteiger charge is -2.29. The molecule has 0 bridgehead atoms. The number of nitrogens with zero attached hydrogens (tertiary/aromatic N) is 4. The van der Waals surface area contributed by atoms with Gasteiger partial charge in [-0.3, -0.25) is 14.6 Å². The summed E-state index contributed by atoms with van der Waals surface area (Å²) in [6.07, 6.45) is 0.398. The average Bonchev–Trinajstić information content (AvgIpc) is 2.81. The molecule has 0 unspecified atom stereocenters. The average molecular weight is 470 g/mol. The second-order valence-electron chi connectivity index (χ2n) is 7.93. The van der Waals surface area contributed by atoms with E-state index in [1.807, 2.05) is 0 Å². The molecule has 1 saturated heterocycles. The van der Waals surface area contributed by atoms with Gasteiger partial charge < -0.3 is 9.84 Å². The number of halogens is 2. The van der Waals surface area contributed by atoms with Crippen molar-refractivity contribution in [3.05, 3.63) is 87.8 Å². The SMILES string of the molecule is O=C(O)N(CCN1CCOCC1)c1cccc(Cc2nn(-c3cc(F)cc(F)c3)ccc2=O)c1. The van der Waals surface area contributed by atoms with Gasteiger partial charge in [-0.2, -0.15) is 5.10 Å². The number of amides is 1. The van der Waals surface area contributed by atoms with Crippen molar-refractivity contribution in [2.24, 2.45) is 0 Å². The largest absolute Gasteiger partial charge is 0.465 e. The van der Waals surface area contributed by atoms with Crippen molar-refractivity contribution in [1.29, 1.82) is 0 Å². The number of anilines is 1. The first-order chi connectivity index (χ1) is 16.4.